The van der Waals surface area contributed by atoms with E-state index in [1.54, 1.807) is 0 Å². The molecule has 3 heteroatoms. The van der Waals surface area contributed by atoms with E-state index in [-0.39, 0.29) is 24.5 Å². The maximum absolute atomic E-state index is 12.7. The lowest BCUT2D eigenvalue weighted by atomic mass is 9.96. The summed E-state index contributed by atoms with van der Waals surface area (Å²) in [6.45, 7) is 2.79. The van der Waals surface area contributed by atoms with E-state index in [2.05, 4.69) is 24.3 Å². The molecule has 0 spiro atoms. The molecule has 2 atom stereocenters. The molecule has 2 aromatic carbocycles. The highest BCUT2D eigenvalue weighted by Gasteiger charge is 2.31. The van der Waals surface area contributed by atoms with E-state index in [0.717, 1.165) is 30.3 Å². The van der Waals surface area contributed by atoms with Crippen LogP contribution in [0.15, 0.2) is 42.5 Å². The van der Waals surface area contributed by atoms with Crippen molar-refractivity contribution in [3.05, 3.63) is 48.0 Å². The number of carbonyl (C=O) groups excluding carboxylic acids is 1. The number of amides is 1. The Morgan fingerprint density at radius 2 is 2.05 bits per heavy atom. The normalized spacial score (nSPS) is 19.9. The fourth-order valence-corrected chi connectivity index (χ4v) is 3.18. The van der Waals surface area contributed by atoms with Crippen LogP contribution in [0.3, 0.4) is 0 Å². The molecule has 1 N–H and O–H groups in total. The summed E-state index contributed by atoms with van der Waals surface area (Å²) in [6.07, 6.45) is 1.90. The Balaban J connectivity index is 1.85. The predicted molar refractivity (Wildman–Crippen MR) is 84.2 cm³/mol. The van der Waals surface area contributed by atoms with Gasteiger partial charge in [-0.15, -0.1) is 0 Å². The first kappa shape index (κ1) is 14.1. The van der Waals surface area contributed by atoms with Crippen molar-refractivity contribution in [2.24, 2.45) is 0 Å². The second-order valence-corrected chi connectivity index (χ2v) is 5.84. The summed E-state index contributed by atoms with van der Waals surface area (Å²) < 4.78 is 0. The molecule has 0 bridgehead atoms. The van der Waals surface area contributed by atoms with Gasteiger partial charge in [-0.2, -0.15) is 0 Å². The van der Waals surface area contributed by atoms with Crippen molar-refractivity contribution < 1.29 is 9.90 Å². The maximum atomic E-state index is 12.7. The number of hydrogen-bond acceptors (Lipinski definition) is 2. The number of benzene rings is 2. The molecule has 0 aromatic heterocycles. The average molecular weight is 283 g/mol. The number of likely N-dealkylation sites (tertiary alicyclic amines) is 1. The van der Waals surface area contributed by atoms with Crippen LogP contribution in [0.5, 0.6) is 0 Å². The summed E-state index contributed by atoms with van der Waals surface area (Å²) in [5, 5.41) is 11.7. The first-order valence-electron chi connectivity index (χ1n) is 7.60. The third-order valence-electron chi connectivity index (χ3n) is 4.51. The standard InChI is InChI=1S/C18H21NO2/c1-13(18(21)19-10-4-7-17(19)12-20)15-9-8-14-5-2-3-6-16(14)11-15/h2-3,5-6,8-9,11,13,17,20H,4,7,10,12H2,1H3/t13-,17-/m1/s1. The van der Waals surface area contributed by atoms with Gasteiger partial charge in [0.1, 0.15) is 0 Å². The van der Waals surface area contributed by atoms with E-state index >= 15 is 0 Å². The Labute approximate surface area is 125 Å². The molecule has 21 heavy (non-hydrogen) atoms. The minimum atomic E-state index is -0.165. The van der Waals surface area contributed by atoms with Gasteiger partial charge in [0, 0.05) is 6.54 Å². The van der Waals surface area contributed by atoms with Crippen molar-refractivity contribution in [3.63, 3.8) is 0 Å². The van der Waals surface area contributed by atoms with E-state index in [1.807, 2.05) is 30.0 Å². The first-order valence-corrected chi connectivity index (χ1v) is 7.60. The van der Waals surface area contributed by atoms with Gasteiger partial charge in [-0.25, -0.2) is 0 Å². The van der Waals surface area contributed by atoms with Gasteiger partial charge in [0.05, 0.1) is 18.6 Å². The zero-order chi connectivity index (χ0) is 14.8. The van der Waals surface area contributed by atoms with Gasteiger partial charge in [0.15, 0.2) is 0 Å². The third-order valence-corrected chi connectivity index (χ3v) is 4.51. The Morgan fingerprint density at radius 3 is 2.81 bits per heavy atom. The Bertz CT molecular complexity index is 652. The second kappa shape index (κ2) is 5.86. The minimum Gasteiger partial charge on any atom is -0.394 e. The highest BCUT2D eigenvalue weighted by Crippen LogP contribution is 2.26. The van der Waals surface area contributed by atoms with Gasteiger partial charge >= 0.3 is 0 Å². The minimum absolute atomic E-state index is 0.000376. The number of nitrogens with zero attached hydrogens (tertiary/aromatic N) is 1. The molecule has 1 saturated heterocycles. The molecule has 110 valence electrons. The molecule has 1 amide bonds. The van der Waals surface area contributed by atoms with Crippen molar-refractivity contribution in [3.8, 4) is 0 Å². The summed E-state index contributed by atoms with van der Waals surface area (Å²) in [7, 11) is 0. The summed E-state index contributed by atoms with van der Waals surface area (Å²) in [5.74, 6) is -0.0383. The lowest BCUT2D eigenvalue weighted by molar-refractivity contribution is -0.133. The smallest absolute Gasteiger partial charge is 0.230 e. The molecule has 1 fully saturated rings. The molecule has 1 aliphatic heterocycles. The van der Waals surface area contributed by atoms with Crippen molar-refractivity contribution in [2.45, 2.75) is 31.7 Å². The van der Waals surface area contributed by atoms with Crippen LogP contribution in [0, 0.1) is 0 Å². The van der Waals surface area contributed by atoms with Gasteiger partial charge in [0.2, 0.25) is 5.91 Å². The van der Waals surface area contributed by atoms with E-state index in [9.17, 15) is 9.90 Å². The van der Waals surface area contributed by atoms with Crippen LogP contribution < -0.4 is 0 Å². The number of carbonyl (C=O) groups is 1. The molecule has 1 aliphatic rings. The average Bonchev–Trinajstić information content (AvgIpc) is 3.01. The molecule has 3 nitrogen and oxygen atoms in total. The monoisotopic (exact) mass is 283 g/mol. The van der Waals surface area contributed by atoms with Crippen molar-refractivity contribution in [1.29, 1.82) is 0 Å². The van der Waals surface area contributed by atoms with Gasteiger partial charge in [-0.3, -0.25) is 4.79 Å². The number of aliphatic hydroxyl groups is 1. The van der Waals surface area contributed by atoms with Crippen molar-refractivity contribution in [1.82, 2.24) is 4.90 Å². The third kappa shape index (κ3) is 2.66. The van der Waals surface area contributed by atoms with Gasteiger partial charge in [0.25, 0.3) is 0 Å². The maximum Gasteiger partial charge on any atom is 0.230 e. The fourth-order valence-electron chi connectivity index (χ4n) is 3.18. The summed E-state index contributed by atoms with van der Waals surface area (Å²) >= 11 is 0. The van der Waals surface area contributed by atoms with E-state index in [4.69, 9.17) is 0 Å². The van der Waals surface area contributed by atoms with Crippen LogP contribution in [-0.2, 0) is 4.79 Å². The molecule has 2 aromatic rings. The quantitative estimate of drug-likeness (QED) is 0.941. The van der Waals surface area contributed by atoms with Gasteiger partial charge < -0.3 is 10.0 Å². The number of aliphatic hydroxyl groups excluding tert-OH is 1. The fraction of sp³-hybridized carbons (Fsp3) is 0.389. The predicted octanol–water partition coefficient (Wildman–Crippen LogP) is 2.93. The van der Waals surface area contributed by atoms with Crippen LogP contribution in [0.4, 0.5) is 0 Å². The largest absolute Gasteiger partial charge is 0.394 e. The second-order valence-electron chi connectivity index (χ2n) is 5.84. The highest BCUT2D eigenvalue weighted by atomic mass is 16.3. The Hall–Kier alpha value is -1.87. The molecular formula is C18H21NO2. The number of rotatable bonds is 3. The molecule has 0 aliphatic carbocycles. The van der Waals surface area contributed by atoms with E-state index < -0.39 is 0 Å². The summed E-state index contributed by atoms with van der Waals surface area (Å²) in [4.78, 5) is 14.5. The Kier molecular flexibility index (Phi) is 3.93. The van der Waals surface area contributed by atoms with Crippen LogP contribution >= 0.6 is 0 Å². The van der Waals surface area contributed by atoms with Crippen LogP contribution in [0.25, 0.3) is 10.8 Å². The van der Waals surface area contributed by atoms with Crippen LogP contribution in [-0.4, -0.2) is 35.1 Å². The van der Waals surface area contributed by atoms with Gasteiger partial charge in [-0.05, 0) is 36.1 Å². The van der Waals surface area contributed by atoms with Crippen LogP contribution in [0.2, 0.25) is 0 Å². The van der Waals surface area contributed by atoms with E-state index in [0.29, 0.717) is 0 Å². The first-order chi connectivity index (χ1) is 10.2. The SMILES string of the molecule is C[C@@H](C(=O)N1CCC[C@@H]1CO)c1ccc2ccccc2c1. The molecular weight excluding hydrogens is 262 g/mol. The summed E-state index contributed by atoms with van der Waals surface area (Å²) in [6, 6.07) is 14.4. The molecule has 0 saturated carbocycles. The molecule has 1 heterocycles. The summed E-state index contributed by atoms with van der Waals surface area (Å²) in [5.41, 5.74) is 1.04. The Morgan fingerprint density at radius 1 is 1.29 bits per heavy atom. The van der Waals surface area contributed by atoms with Crippen LogP contribution in [0.1, 0.15) is 31.2 Å². The zero-order valence-corrected chi connectivity index (χ0v) is 12.3. The van der Waals surface area contributed by atoms with Crippen molar-refractivity contribution >= 4 is 16.7 Å². The molecule has 0 unspecified atom stereocenters. The van der Waals surface area contributed by atoms with Crippen molar-refractivity contribution in [2.75, 3.05) is 13.2 Å². The van der Waals surface area contributed by atoms with E-state index in [1.165, 1.54) is 5.39 Å². The number of fused-ring (bicyclic) bond motifs is 1. The lowest BCUT2D eigenvalue weighted by Gasteiger charge is -2.26. The lowest BCUT2D eigenvalue weighted by Crippen LogP contribution is -2.39. The molecule has 3 rings (SSSR count). The molecule has 0 radical (unpaired) electrons. The topological polar surface area (TPSA) is 40.5 Å². The zero-order valence-electron chi connectivity index (χ0n) is 12.3. The van der Waals surface area contributed by atoms with Gasteiger partial charge in [-0.1, -0.05) is 42.5 Å². The number of hydrogen-bond donors (Lipinski definition) is 1. The highest BCUT2D eigenvalue weighted by molar-refractivity contribution is 5.88.